The quantitative estimate of drug-likeness (QED) is 0.632. The first-order valence-electron chi connectivity index (χ1n) is 9.57. The van der Waals surface area contributed by atoms with Crippen LogP contribution in [0.25, 0.3) is 11.3 Å². The van der Waals surface area contributed by atoms with Crippen molar-refractivity contribution in [1.29, 1.82) is 0 Å². The number of halogens is 1. The van der Waals surface area contributed by atoms with Crippen LogP contribution < -0.4 is 0 Å². The van der Waals surface area contributed by atoms with E-state index < -0.39 is 0 Å². The summed E-state index contributed by atoms with van der Waals surface area (Å²) in [4.78, 5) is 15.1. The van der Waals surface area contributed by atoms with Crippen molar-refractivity contribution in [3.8, 4) is 11.3 Å². The van der Waals surface area contributed by atoms with Gasteiger partial charge in [-0.2, -0.15) is 10.2 Å². The zero-order chi connectivity index (χ0) is 19.5. The number of carbonyl (C=O) groups is 1. The lowest BCUT2D eigenvalue weighted by Gasteiger charge is -2.25. The molecule has 0 radical (unpaired) electrons. The lowest BCUT2D eigenvalue weighted by atomic mass is 10.0. The number of hydrogen-bond donors (Lipinski definition) is 0. The second-order valence-electron chi connectivity index (χ2n) is 7.23. The molecule has 1 aliphatic heterocycles. The lowest BCUT2D eigenvalue weighted by Crippen LogP contribution is -2.36. The molecule has 4 nitrogen and oxygen atoms in total. The summed E-state index contributed by atoms with van der Waals surface area (Å²) in [5, 5.41) is 9.08. The Balaban J connectivity index is 1.50. The molecular weight excluding hydrogens is 370 g/mol. The van der Waals surface area contributed by atoms with Gasteiger partial charge in [0.1, 0.15) is 0 Å². The van der Waals surface area contributed by atoms with Gasteiger partial charge in [0, 0.05) is 28.7 Å². The molecule has 2 heterocycles. The number of nitrogens with zero attached hydrogens (tertiary/aromatic N) is 3. The molecule has 0 spiro atoms. The SMILES string of the molecule is Cc1ccc(-c2ccc(C(=O)N3CCCC3Cc3ccccc3Cl)cc2)nn1. The maximum Gasteiger partial charge on any atom is 0.254 e. The average molecular weight is 392 g/mol. The zero-order valence-corrected chi connectivity index (χ0v) is 16.6. The van der Waals surface area contributed by atoms with E-state index in [2.05, 4.69) is 10.2 Å². The molecule has 1 amide bonds. The molecule has 1 unspecified atom stereocenters. The fourth-order valence-corrected chi connectivity index (χ4v) is 3.95. The number of hydrogen-bond acceptors (Lipinski definition) is 3. The first kappa shape index (κ1) is 18.6. The summed E-state index contributed by atoms with van der Waals surface area (Å²) in [5.74, 6) is 0.0797. The van der Waals surface area contributed by atoms with Crippen molar-refractivity contribution >= 4 is 17.5 Å². The maximum absolute atomic E-state index is 13.1. The van der Waals surface area contributed by atoms with E-state index in [-0.39, 0.29) is 11.9 Å². The zero-order valence-electron chi connectivity index (χ0n) is 15.8. The largest absolute Gasteiger partial charge is 0.335 e. The van der Waals surface area contributed by atoms with Crippen LogP contribution in [0.2, 0.25) is 5.02 Å². The van der Waals surface area contributed by atoms with Gasteiger partial charge in [0.25, 0.3) is 5.91 Å². The summed E-state index contributed by atoms with van der Waals surface area (Å²) < 4.78 is 0. The molecule has 28 heavy (non-hydrogen) atoms. The van der Waals surface area contributed by atoms with Crippen molar-refractivity contribution in [2.45, 2.75) is 32.2 Å². The van der Waals surface area contributed by atoms with E-state index in [9.17, 15) is 4.79 Å². The highest BCUT2D eigenvalue weighted by atomic mass is 35.5. The third-order valence-electron chi connectivity index (χ3n) is 5.28. The predicted octanol–water partition coefficient (Wildman–Crippen LogP) is 4.95. The molecule has 0 saturated carbocycles. The summed E-state index contributed by atoms with van der Waals surface area (Å²) in [6.07, 6.45) is 2.83. The molecule has 142 valence electrons. The van der Waals surface area contributed by atoms with Crippen molar-refractivity contribution < 1.29 is 4.79 Å². The Morgan fingerprint density at radius 2 is 1.86 bits per heavy atom. The summed E-state index contributed by atoms with van der Waals surface area (Å²) in [7, 11) is 0. The van der Waals surface area contributed by atoms with Crippen LogP contribution >= 0.6 is 11.6 Å². The third kappa shape index (κ3) is 3.92. The van der Waals surface area contributed by atoms with Gasteiger partial charge in [0.05, 0.1) is 11.4 Å². The van der Waals surface area contributed by atoms with Crippen LogP contribution in [0.5, 0.6) is 0 Å². The number of benzene rings is 2. The molecule has 1 saturated heterocycles. The van der Waals surface area contributed by atoms with Gasteiger partial charge in [-0.05, 0) is 62.1 Å². The number of likely N-dealkylation sites (tertiary alicyclic amines) is 1. The van der Waals surface area contributed by atoms with E-state index in [0.717, 1.165) is 53.3 Å². The summed E-state index contributed by atoms with van der Waals surface area (Å²) in [6, 6.07) is 19.6. The second kappa shape index (κ2) is 8.11. The Kier molecular flexibility index (Phi) is 5.40. The maximum atomic E-state index is 13.1. The Morgan fingerprint density at radius 3 is 2.57 bits per heavy atom. The van der Waals surface area contributed by atoms with Crippen LogP contribution in [0.3, 0.4) is 0 Å². The highest BCUT2D eigenvalue weighted by molar-refractivity contribution is 6.31. The Morgan fingerprint density at radius 1 is 1.07 bits per heavy atom. The predicted molar refractivity (Wildman–Crippen MR) is 111 cm³/mol. The standard InChI is InChI=1S/C23H22ClN3O/c1-16-8-13-22(26-25-16)17-9-11-18(12-10-17)23(28)27-14-4-6-20(27)15-19-5-2-3-7-21(19)24/h2-3,5,7-13,20H,4,6,14-15H2,1H3. The van der Waals surface area contributed by atoms with Crippen molar-refractivity contribution in [2.75, 3.05) is 6.54 Å². The monoisotopic (exact) mass is 391 g/mol. The number of aromatic nitrogens is 2. The highest BCUT2D eigenvalue weighted by Gasteiger charge is 2.29. The number of aryl methyl sites for hydroxylation is 1. The molecule has 3 aromatic rings. The van der Waals surface area contributed by atoms with Crippen LogP contribution in [-0.2, 0) is 6.42 Å². The van der Waals surface area contributed by atoms with Crippen molar-refractivity contribution in [3.63, 3.8) is 0 Å². The molecule has 2 aromatic carbocycles. The molecule has 0 bridgehead atoms. The van der Waals surface area contributed by atoms with E-state index in [1.807, 2.05) is 72.5 Å². The van der Waals surface area contributed by atoms with Crippen molar-refractivity contribution in [1.82, 2.24) is 15.1 Å². The Labute approximate surface area is 170 Å². The van der Waals surface area contributed by atoms with Crippen LogP contribution in [0.15, 0.2) is 60.7 Å². The number of carbonyl (C=O) groups excluding carboxylic acids is 1. The molecule has 0 aliphatic carbocycles. The van der Waals surface area contributed by atoms with Gasteiger partial charge in [-0.3, -0.25) is 4.79 Å². The molecule has 1 aromatic heterocycles. The highest BCUT2D eigenvalue weighted by Crippen LogP contribution is 2.27. The minimum absolute atomic E-state index is 0.0797. The molecule has 1 aliphatic rings. The van der Waals surface area contributed by atoms with Crippen LogP contribution in [-0.4, -0.2) is 33.6 Å². The molecule has 5 heteroatoms. The summed E-state index contributed by atoms with van der Waals surface area (Å²) >= 11 is 6.32. The third-order valence-corrected chi connectivity index (χ3v) is 5.65. The normalized spacial score (nSPS) is 16.4. The fourth-order valence-electron chi connectivity index (χ4n) is 3.74. The van der Waals surface area contributed by atoms with Gasteiger partial charge >= 0.3 is 0 Å². The minimum Gasteiger partial charge on any atom is -0.335 e. The van der Waals surface area contributed by atoms with Crippen LogP contribution in [0.4, 0.5) is 0 Å². The number of amides is 1. The van der Waals surface area contributed by atoms with E-state index in [0.29, 0.717) is 5.56 Å². The molecule has 4 rings (SSSR count). The van der Waals surface area contributed by atoms with E-state index >= 15 is 0 Å². The second-order valence-corrected chi connectivity index (χ2v) is 7.63. The Bertz CT molecular complexity index is 970. The van der Waals surface area contributed by atoms with E-state index in [4.69, 9.17) is 11.6 Å². The Hall–Kier alpha value is -2.72. The smallest absolute Gasteiger partial charge is 0.254 e. The first-order valence-corrected chi connectivity index (χ1v) is 9.95. The van der Waals surface area contributed by atoms with Gasteiger partial charge in [0.15, 0.2) is 0 Å². The molecular formula is C23H22ClN3O. The van der Waals surface area contributed by atoms with Gasteiger partial charge in [-0.1, -0.05) is 41.9 Å². The summed E-state index contributed by atoms with van der Waals surface area (Å²) in [5.41, 5.74) is 4.45. The molecule has 1 fully saturated rings. The van der Waals surface area contributed by atoms with Crippen LogP contribution in [0, 0.1) is 6.92 Å². The number of rotatable bonds is 4. The van der Waals surface area contributed by atoms with E-state index in [1.54, 1.807) is 0 Å². The van der Waals surface area contributed by atoms with Gasteiger partial charge < -0.3 is 4.90 Å². The van der Waals surface area contributed by atoms with Crippen molar-refractivity contribution in [2.24, 2.45) is 0 Å². The molecule has 0 N–H and O–H groups in total. The fraction of sp³-hybridized carbons (Fsp3) is 0.261. The summed E-state index contributed by atoms with van der Waals surface area (Å²) in [6.45, 7) is 2.70. The van der Waals surface area contributed by atoms with Gasteiger partial charge in [0.2, 0.25) is 0 Å². The molecule has 1 atom stereocenters. The average Bonchev–Trinajstić information content (AvgIpc) is 3.18. The van der Waals surface area contributed by atoms with E-state index in [1.165, 1.54) is 0 Å². The topological polar surface area (TPSA) is 46.1 Å². The minimum atomic E-state index is 0.0797. The van der Waals surface area contributed by atoms with Gasteiger partial charge in [-0.25, -0.2) is 0 Å². The first-order chi connectivity index (χ1) is 13.6. The van der Waals surface area contributed by atoms with Crippen LogP contribution in [0.1, 0.15) is 34.5 Å². The lowest BCUT2D eigenvalue weighted by molar-refractivity contribution is 0.0736. The van der Waals surface area contributed by atoms with Gasteiger partial charge in [-0.15, -0.1) is 0 Å². The van der Waals surface area contributed by atoms with Crippen molar-refractivity contribution in [3.05, 3.63) is 82.5 Å².